The molecule has 8 bridgehead atoms. The summed E-state index contributed by atoms with van der Waals surface area (Å²) < 4.78 is 58.4. The van der Waals surface area contributed by atoms with Crippen LogP contribution in [0, 0.1) is 50.4 Å². The Kier molecular flexibility index (Phi) is 14.9. The molecule has 10 heterocycles. The van der Waals surface area contributed by atoms with Crippen molar-refractivity contribution in [2.75, 3.05) is 66.6 Å². The Hall–Kier alpha value is -7.69. The van der Waals surface area contributed by atoms with Crippen molar-refractivity contribution in [3.05, 3.63) is 78.9 Å². The third-order valence-electron chi connectivity index (χ3n) is 19.2. The third kappa shape index (κ3) is 8.67. The zero-order valence-corrected chi connectivity index (χ0v) is 51.5. The zero-order valence-electron chi connectivity index (χ0n) is 49.9. The van der Waals surface area contributed by atoms with Gasteiger partial charge in [-0.25, -0.2) is 4.79 Å². The number of nitrogens with zero attached hydrogens (tertiary/aromatic N) is 6. The van der Waals surface area contributed by atoms with E-state index in [9.17, 15) is 44.7 Å². The smallest absolute Gasteiger partial charge is 0.375 e. The second kappa shape index (κ2) is 22.1. The number of benzene rings is 4. The number of nitriles is 2. The third-order valence-corrected chi connectivity index (χ3v) is 22.0. The maximum Gasteiger partial charge on any atom is 0.375 e. The Morgan fingerprint density at radius 1 is 0.625 bits per heavy atom. The van der Waals surface area contributed by atoms with Gasteiger partial charge in [0.2, 0.25) is 19.4 Å². The predicted octanol–water partition coefficient (Wildman–Crippen LogP) is 5.36. The number of esters is 4. The number of aromatic hydroxyl groups is 2. The molecule has 0 aromatic heterocycles. The molecule has 4 aromatic carbocycles. The number of methoxy groups -OCH3 is 2. The lowest BCUT2D eigenvalue weighted by molar-refractivity contribution is -0.157. The van der Waals surface area contributed by atoms with Crippen LogP contribution in [0.2, 0.25) is 0 Å². The van der Waals surface area contributed by atoms with Gasteiger partial charge >= 0.3 is 23.9 Å². The number of fused-ring (bicyclic) bond motifs is 18. The SMILES string of the molecule is COc1c(C)cc2c(c1O)[C@@H]1C3[C@@H]4SCC(=O)C(=O)OC[C@@H](c5c6c(c(C)c(OC(C)=O)c54)OCO6)N3[C@@H](C#N)[C@H](C2)N1C.COc1c(C)cc2c(c1O)[C@@H]1C3[C@@H]4SC[C@H](N)C(=O)OC[C@@H](c5c6c(c(C)c(OC(C)=O)c54)OCO6)N3[C@@H](C#N)[C@H](C2)N1C. The number of cyclic esters (lactones) is 2. The second-order valence-electron chi connectivity index (χ2n) is 23.7. The number of likely N-dealkylation sites (N-methyl/N-ethyl adjacent to an activating group) is 2. The van der Waals surface area contributed by atoms with Crippen LogP contribution in [0.1, 0.15) is 115 Å². The molecule has 10 aliphatic rings. The molecule has 13 atom stereocenters. The molecule has 4 N–H and O–H groups in total. The average molecular weight is 1240 g/mol. The minimum absolute atomic E-state index is 0.0240. The number of thioether (sulfide) groups is 2. The van der Waals surface area contributed by atoms with Crippen molar-refractivity contribution in [2.24, 2.45) is 5.73 Å². The molecule has 4 saturated heterocycles. The van der Waals surface area contributed by atoms with Gasteiger partial charge < -0.3 is 63.3 Å². The molecular formula is C62H65N7O17S2. The monoisotopic (exact) mass is 1240 g/mol. The molecule has 10 aliphatic heterocycles. The molecule has 0 radical (unpaired) electrons. The standard InChI is InChI=1S/C31H34N4O8S.C31H31N3O9S/c1-12-6-15-7-17-18(8-32)35-19-9-40-31(38)16(33)10-44-30(24(35)23(34(17)4)20(15)25(37)26(12)39-5)22-21(19)29-28(41-11-42-29)13(2)27(22)43-14(3)36;1-12-6-15-7-16-17(8-32)34-18-9-40-31(38)19(36)10-44-30(24(34)23(33(16)4)20(15)25(37)26(12)39-5)22-21(18)29-28(41-11-42-29)13(2)27(22)43-14(3)35/h6,16-19,23-24,30,37H,7,9-11,33H2,1-5H3;6,16-18,23-24,30,37H,7,9-11H2,1-5H3/t16-,17-,18-,19-,23+,24?,30+;16-,17-,18-,23+,24?,30+/m00/s1. The first-order chi connectivity index (χ1) is 42.2. The topological polar surface area (TPSA) is 305 Å². The normalized spacial score (nSPS) is 29.6. The Labute approximate surface area is 514 Å². The highest BCUT2D eigenvalue weighted by molar-refractivity contribution is 8.00. The molecule has 26 heteroatoms. The van der Waals surface area contributed by atoms with Crippen molar-refractivity contribution in [3.8, 4) is 69.6 Å². The van der Waals surface area contributed by atoms with E-state index in [-0.39, 0.29) is 61.9 Å². The summed E-state index contributed by atoms with van der Waals surface area (Å²) in [5.41, 5.74) is 15.0. The molecule has 462 valence electrons. The first-order valence-electron chi connectivity index (χ1n) is 28.9. The minimum Gasteiger partial charge on any atom is -0.504 e. The van der Waals surface area contributed by atoms with Crippen LogP contribution >= 0.6 is 23.5 Å². The molecule has 0 amide bonds. The van der Waals surface area contributed by atoms with Gasteiger partial charge in [0.1, 0.15) is 42.8 Å². The fraction of sp³-hybridized carbons (Fsp3) is 0.500. The quantitative estimate of drug-likeness (QED) is 0.132. The van der Waals surface area contributed by atoms with Crippen LogP contribution in [0.5, 0.6) is 57.5 Å². The number of ketones is 1. The van der Waals surface area contributed by atoms with Gasteiger partial charge in [-0.3, -0.25) is 38.8 Å². The molecule has 0 aliphatic carbocycles. The fourth-order valence-corrected chi connectivity index (χ4v) is 18.7. The summed E-state index contributed by atoms with van der Waals surface area (Å²) in [6, 6.07) is 3.17. The van der Waals surface area contributed by atoms with Gasteiger partial charge in [0.15, 0.2) is 46.0 Å². The number of ether oxygens (including phenoxy) is 10. The number of hydrogen-bond donors (Lipinski definition) is 3. The fourth-order valence-electron chi connectivity index (χ4n) is 15.9. The Morgan fingerprint density at radius 3 is 1.49 bits per heavy atom. The number of phenols is 2. The van der Waals surface area contributed by atoms with Crippen molar-refractivity contribution in [3.63, 3.8) is 0 Å². The number of aryl methyl sites for hydroxylation is 2. The highest BCUT2D eigenvalue weighted by Crippen LogP contribution is 2.66. The van der Waals surface area contributed by atoms with E-state index < -0.39 is 94.5 Å². The number of phenolic OH excluding ortho intramolecular Hbond substituents is 2. The zero-order chi connectivity index (χ0) is 62.4. The molecule has 2 unspecified atom stereocenters. The van der Waals surface area contributed by atoms with E-state index in [1.807, 2.05) is 47.0 Å². The number of nitrogens with two attached hydrogens (primary N) is 1. The van der Waals surface area contributed by atoms with Crippen LogP contribution in [-0.2, 0) is 46.3 Å². The van der Waals surface area contributed by atoms with Gasteiger partial charge in [-0.15, -0.1) is 23.5 Å². The first kappa shape index (κ1) is 59.3. The molecule has 24 nitrogen and oxygen atoms in total. The van der Waals surface area contributed by atoms with E-state index in [1.165, 1.54) is 51.6 Å². The van der Waals surface area contributed by atoms with Gasteiger partial charge in [0.05, 0.1) is 66.8 Å². The summed E-state index contributed by atoms with van der Waals surface area (Å²) in [5, 5.41) is 44.0. The van der Waals surface area contributed by atoms with E-state index in [0.29, 0.717) is 92.2 Å². The summed E-state index contributed by atoms with van der Waals surface area (Å²) in [5.74, 6) is 0.0982. The molecule has 0 spiro atoms. The number of carbonyl (C=O) groups excluding carboxylic acids is 5. The number of hydrogen-bond acceptors (Lipinski definition) is 26. The van der Waals surface area contributed by atoms with E-state index in [1.54, 1.807) is 6.92 Å². The van der Waals surface area contributed by atoms with E-state index in [2.05, 4.69) is 31.7 Å². The van der Waals surface area contributed by atoms with Crippen LogP contribution in [0.4, 0.5) is 0 Å². The lowest BCUT2D eigenvalue weighted by Crippen LogP contribution is -2.69. The van der Waals surface area contributed by atoms with Crippen LogP contribution in [0.25, 0.3) is 0 Å². The van der Waals surface area contributed by atoms with Gasteiger partial charge in [-0.05, 0) is 76.9 Å². The lowest BCUT2D eigenvalue weighted by atomic mass is 9.71. The van der Waals surface area contributed by atoms with E-state index in [4.69, 9.17) is 53.1 Å². The summed E-state index contributed by atoms with van der Waals surface area (Å²) in [6.45, 7) is 9.58. The van der Waals surface area contributed by atoms with Gasteiger partial charge in [-0.2, -0.15) is 10.5 Å². The van der Waals surface area contributed by atoms with Crippen LogP contribution < -0.4 is 43.6 Å². The van der Waals surface area contributed by atoms with Gasteiger partial charge in [0.25, 0.3) is 0 Å². The summed E-state index contributed by atoms with van der Waals surface area (Å²) >= 11 is 2.66. The van der Waals surface area contributed by atoms with Crippen LogP contribution in [0.15, 0.2) is 12.1 Å². The summed E-state index contributed by atoms with van der Waals surface area (Å²) in [4.78, 5) is 72.2. The van der Waals surface area contributed by atoms with Gasteiger partial charge in [0, 0.05) is 88.3 Å². The summed E-state index contributed by atoms with van der Waals surface area (Å²) in [7, 11) is 6.96. The molecular weight excluding hydrogens is 1180 g/mol. The predicted molar refractivity (Wildman–Crippen MR) is 313 cm³/mol. The maximum absolute atomic E-state index is 13.0. The Morgan fingerprint density at radius 2 is 1.06 bits per heavy atom. The maximum atomic E-state index is 13.0. The molecule has 0 saturated carbocycles. The highest BCUT2D eigenvalue weighted by atomic mass is 32.2. The number of Topliss-reactive ketones (excluding diaryl/α,β-unsaturated/α-hetero) is 1. The largest absolute Gasteiger partial charge is 0.504 e. The molecule has 14 rings (SSSR count). The highest BCUT2D eigenvalue weighted by Gasteiger charge is 2.63. The number of carbonyl (C=O) groups is 5. The van der Waals surface area contributed by atoms with E-state index in [0.717, 1.165) is 33.4 Å². The van der Waals surface area contributed by atoms with E-state index >= 15 is 0 Å². The van der Waals surface area contributed by atoms with Crippen molar-refractivity contribution < 1.29 is 81.6 Å². The number of rotatable bonds is 4. The van der Waals surface area contributed by atoms with Crippen molar-refractivity contribution in [1.82, 2.24) is 19.6 Å². The second-order valence-corrected chi connectivity index (χ2v) is 26.0. The Bertz CT molecular complexity index is 3810. The summed E-state index contributed by atoms with van der Waals surface area (Å²) in [6.07, 6.45) is 1.01. The van der Waals surface area contributed by atoms with Gasteiger partial charge in [-0.1, -0.05) is 12.1 Å². The molecule has 88 heavy (non-hydrogen) atoms. The minimum atomic E-state index is -0.949. The average Bonchev–Trinajstić information content (AvgIpc) is 0.814. The van der Waals surface area contributed by atoms with Crippen molar-refractivity contribution >= 4 is 53.2 Å². The first-order valence-corrected chi connectivity index (χ1v) is 31.0. The Balaban J connectivity index is 0.000000162. The molecule has 4 aromatic rings. The van der Waals surface area contributed by atoms with Crippen LogP contribution in [0.3, 0.4) is 0 Å². The van der Waals surface area contributed by atoms with Crippen molar-refractivity contribution in [2.45, 2.75) is 131 Å². The van der Waals surface area contributed by atoms with Crippen LogP contribution in [-0.4, -0.2) is 168 Å². The number of piperazine rings is 2. The lowest BCUT2D eigenvalue weighted by Gasteiger charge is -2.61. The van der Waals surface area contributed by atoms with Crippen molar-refractivity contribution in [1.29, 1.82) is 10.5 Å². The molecule has 4 fully saturated rings.